The number of amides is 1. The monoisotopic (exact) mass is 234 g/mol. The summed E-state index contributed by atoms with van der Waals surface area (Å²) in [5.41, 5.74) is 1.18. The van der Waals surface area contributed by atoms with Crippen LogP contribution in [0.3, 0.4) is 0 Å². The number of rotatable bonds is 2. The van der Waals surface area contributed by atoms with E-state index in [1.165, 1.54) is 17.4 Å². The van der Waals surface area contributed by atoms with Crippen LogP contribution in [0, 0.1) is 6.92 Å². The van der Waals surface area contributed by atoms with Gasteiger partial charge in [-0.1, -0.05) is 0 Å². The predicted octanol–water partition coefficient (Wildman–Crippen LogP) is 2.41. The maximum atomic E-state index is 11.7. The summed E-state index contributed by atoms with van der Waals surface area (Å²) in [6.45, 7) is 1.75. The molecule has 1 amide bonds. The first-order valence-corrected chi connectivity index (χ1v) is 5.55. The highest BCUT2D eigenvalue weighted by Crippen LogP contribution is 2.18. The summed E-state index contributed by atoms with van der Waals surface area (Å²) < 4.78 is 0. The summed E-state index contributed by atoms with van der Waals surface area (Å²) in [5, 5.41) is 14.4. The molecule has 0 saturated heterocycles. The lowest BCUT2D eigenvalue weighted by Gasteiger charge is -2.03. The molecule has 0 atom stereocenters. The van der Waals surface area contributed by atoms with Gasteiger partial charge in [-0.3, -0.25) is 10.1 Å². The van der Waals surface area contributed by atoms with Crippen LogP contribution < -0.4 is 5.32 Å². The number of phenolic OH excluding ortho intramolecular Hbond substituents is 1. The van der Waals surface area contributed by atoms with E-state index < -0.39 is 0 Å². The molecule has 0 aliphatic rings. The molecule has 0 unspecified atom stereocenters. The highest BCUT2D eigenvalue weighted by Gasteiger charge is 2.08. The van der Waals surface area contributed by atoms with Crippen molar-refractivity contribution in [3.05, 3.63) is 40.9 Å². The zero-order chi connectivity index (χ0) is 11.5. The van der Waals surface area contributed by atoms with Crippen molar-refractivity contribution in [1.82, 2.24) is 4.98 Å². The third-order valence-electron chi connectivity index (χ3n) is 2.11. The molecule has 5 heteroatoms. The van der Waals surface area contributed by atoms with Crippen molar-refractivity contribution in [1.29, 1.82) is 0 Å². The fraction of sp³-hybridized carbons (Fsp3) is 0.0909. The number of nitrogens with zero attached hydrogens (tertiary/aromatic N) is 1. The summed E-state index contributed by atoms with van der Waals surface area (Å²) in [7, 11) is 0. The summed E-state index contributed by atoms with van der Waals surface area (Å²) in [5.74, 6) is -0.0381. The van der Waals surface area contributed by atoms with Gasteiger partial charge >= 0.3 is 0 Å². The smallest absolute Gasteiger partial charge is 0.257 e. The molecule has 1 heterocycles. The normalized spacial score (nSPS) is 10.1. The average molecular weight is 234 g/mol. The van der Waals surface area contributed by atoms with E-state index in [0.717, 1.165) is 0 Å². The Bertz CT molecular complexity index is 509. The number of phenols is 1. The van der Waals surface area contributed by atoms with E-state index in [0.29, 0.717) is 16.3 Å². The maximum Gasteiger partial charge on any atom is 0.257 e. The Hall–Kier alpha value is -1.88. The standard InChI is InChI=1S/C11H10N2O2S/c1-7-6-8(2-3-9(7)14)10(15)13-11-12-4-5-16-11/h2-6,14H,1H3,(H,12,13,15). The van der Waals surface area contributed by atoms with Gasteiger partial charge < -0.3 is 5.11 Å². The van der Waals surface area contributed by atoms with Crippen LogP contribution in [0.2, 0.25) is 0 Å². The summed E-state index contributed by atoms with van der Waals surface area (Å²) in [6.07, 6.45) is 1.63. The average Bonchev–Trinajstić information content (AvgIpc) is 2.74. The summed E-state index contributed by atoms with van der Waals surface area (Å²) in [4.78, 5) is 15.7. The number of nitrogens with one attached hydrogen (secondary N) is 1. The molecule has 0 fully saturated rings. The minimum absolute atomic E-state index is 0.186. The van der Waals surface area contributed by atoms with Crippen LogP contribution in [-0.4, -0.2) is 16.0 Å². The van der Waals surface area contributed by atoms with Crippen molar-refractivity contribution in [3.63, 3.8) is 0 Å². The molecule has 2 aromatic rings. The number of carbonyl (C=O) groups excluding carboxylic acids is 1. The molecule has 16 heavy (non-hydrogen) atoms. The van der Waals surface area contributed by atoms with Gasteiger partial charge in [-0.05, 0) is 30.7 Å². The highest BCUT2D eigenvalue weighted by atomic mass is 32.1. The number of aryl methyl sites for hydroxylation is 1. The maximum absolute atomic E-state index is 11.7. The van der Waals surface area contributed by atoms with Gasteiger partial charge in [0.05, 0.1) is 0 Å². The van der Waals surface area contributed by atoms with E-state index in [9.17, 15) is 9.90 Å². The van der Waals surface area contributed by atoms with E-state index in [1.54, 1.807) is 30.6 Å². The molecule has 0 radical (unpaired) electrons. The fourth-order valence-corrected chi connectivity index (χ4v) is 1.78. The second-order valence-corrected chi connectivity index (χ2v) is 4.19. The zero-order valence-electron chi connectivity index (χ0n) is 8.60. The highest BCUT2D eigenvalue weighted by molar-refractivity contribution is 7.13. The first-order chi connectivity index (χ1) is 7.66. The fourth-order valence-electron chi connectivity index (χ4n) is 1.25. The molecular weight excluding hydrogens is 224 g/mol. The van der Waals surface area contributed by atoms with Crippen molar-refractivity contribution in [2.75, 3.05) is 5.32 Å². The molecule has 2 rings (SSSR count). The van der Waals surface area contributed by atoms with Crippen LogP contribution >= 0.6 is 11.3 Å². The topological polar surface area (TPSA) is 62.2 Å². The molecule has 0 saturated carbocycles. The lowest BCUT2D eigenvalue weighted by atomic mass is 10.1. The number of benzene rings is 1. The van der Waals surface area contributed by atoms with Gasteiger partial charge in [0.2, 0.25) is 0 Å². The molecular formula is C11H10N2O2S. The zero-order valence-corrected chi connectivity index (χ0v) is 9.41. The number of hydrogen-bond acceptors (Lipinski definition) is 4. The number of hydrogen-bond donors (Lipinski definition) is 2. The Morgan fingerprint density at radius 3 is 2.94 bits per heavy atom. The number of aromatic nitrogens is 1. The van der Waals surface area contributed by atoms with E-state index >= 15 is 0 Å². The van der Waals surface area contributed by atoms with Crippen molar-refractivity contribution >= 4 is 22.4 Å². The van der Waals surface area contributed by atoms with Crippen LogP contribution in [-0.2, 0) is 0 Å². The third-order valence-corrected chi connectivity index (χ3v) is 2.80. The van der Waals surface area contributed by atoms with E-state index in [1.807, 2.05) is 0 Å². The Morgan fingerprint density at radius 1 is 1.50 bits per heavy atom. The molecule has 0 aliphatic carbocycles. The van der Waals surface area contributed by atoms with Crippen molar-refractivity contribution in [2.45, 2.75) is 6.92 Å². The Balaban J connectivity index is 2.18. The van der Waals surface area contributed by atoms with Crippen molar-refractivity contribution < 1.29 is 9.90 Å². The Morgan fingerprint density at radius 2 is 2.31 bits per heavy atom. The molecule has 2 N–H and O–H groups in total. The van der Waals surface area contributed by atoms with Gasteiger partial charge in [-0.15, -0.1) is 11.3 Å². The van der Waals surface area contributed by atoms with Crippen molar-refractivity contribution in [3.8, 4) is 5.75 Å². The first kappa shape index (κ1) is 10.6. The van der Waals surface area contributed by atoms with Gasteiger partial charge in [0.1, 0.15) is 5.75 Å². The minimum atomic E-state index is -0.224. The molecule has 0 bridgehead atoms. The van der Waals surface area contributed by atoms with Gasteiger partial charge in [-0.2, -0.15) is 0 Å². The molecule has 4 nitrogen and oxygen atoms in total. The summed E-state index contributed by atoms with van der Waals surface area (Å²) in [6, 6.07) is 4.72. The quantitative estimate of drug-likeness (QED) is 0.838. The lowest BCUT2D eigenvalue weighted by Crippen LogP contribution is -2.11. The second-order valence-electron chi connectivity index (χ2n) is 3.29. The van der Waals surface area contributed by atoms with E-state index in [4.69, 9.17) is 0 Å². The van der Waals surface area contributed by atoms with Crippen LogP contribution in [0.25, 0.3) is 0 Å². The van der Waals surface area contributed by atoms with Crippen LogP contribution in [0.15, 0.2) is 29.8 Å². The predicted molar refractivity (Wildman–Crippen MR) is 62.9 cm³/mol. The molecule has 82 valence electrons. The van der Waals surface area contributed by atoms with Crippen LogP contribution in [0.4, 0.5) is 5.13 Å². The first-order valence-electron chi connectivity index (χ1n) is 4.67. The van der Waals surface area contributed by atoms with Gasteiger partial charge in [-0.25, -0.2) is 4.98 Å². The number of thiazole rings is 1. The molecule has 0 aliphatic heterocycles. The third kappa shape index (κ3) is 2.20. The van der Waals surface area contributed by atoms with E-state index in [-0.39, 0.29) is 11.7 Å². The largest absolute Gasteiger partial charge is 0.508 e. The van der Waals surface area contributed by atoms with Gasteiger partial charge in [0.25, 0.3) is 5.91 Å². The second kappa shape index (κ2) is 4.32. The number of carbonyl (C=O) groups is 1. The van der Waals surface area contributed by atoms with Gasteiger partial charge in [0.15, 0.2) is 5.13 Å². The van der Waals surface area contributed by atoms with Gasteiger partial charge in [0, 0.05) is 17.1 Å². The van der Waals surface area contributed by atoms with Crippen molar-refractivity contribution in [2.24, 2.45) is 0 Å². The Labute approximate surface area is 96.6 Å². The lowest BCUT2D eigenvalue weighted by molar-refractivity contribution is 0.102. The number of aromatic hydroxyl groups is 1. The van der Waals surface area contributed by atoms with Crippen LogP contribution in [0.1, 0.15) is 15.9 Å². The molecule has 1 aromatic carbocycles. The van der Waals surface area contributed by atoms with E-state index in [2.05, 4.69) is 10.3 Å². The SMILES string of the molecule is Cc1cc(C(=O)Nc2nccs2)ccc1O. The molecule has 1 aromatic heterocycles. The number of anilines is 1. The Kier molecular flexibility index (Phi) is 2.87. The van der Waals surface area contributed by atoms with Crippen LogP contribution in [0.5, 0.6) is 5.75 Å². The summed E-state index contributed by atoms with van der Waals surface area (Å²) >= 11 is 1.36. The molecule has 0 spiro atoms. The minimum Gasteiger partial charge on any atom is -0.508 e.